The highest BCUT2D eigenvalue weighted by Crippen LogP contribution is 2.23. The van der Waals surface area contributed by atoms with Crippen LogP contribution in [0.2, 0.25) is 0 Å². The number of rotatable bonds is 4. The first-order valence-electron chi connectivity index (χ1n) is 8.24. The summed E-state index contributed by atoms with van der Waals surface area (Å²) in [5, 5.41) is 15.4. The second-order valence-electron chi connectivity index (χ2n) is 6.53. The fraction of sp³-hybridized carbons (Fsp3) is 0.529. The standard InChI is InChI=1S/C17H23N5O/c1-12-3-7-14(8-4-12)17-19-21-22(20-17)11-16(23)18-15-9-5-13(2)6-10-15/h3-4,7-8,13,15H,5-6,9-11H2,1-2H3,(H,18,23). The molecule has 0 atom stereocenters. The molecule has 1 saturated carbocycles. The van der Waals surface area contributed by atoms with Crippen LogP contribution in [0.5, 0.6) is 0 Å². The van der Waals surface area contributed by atoms with Crippen LogP contribution in [0, 0.1) is 12.8 Å². The SMILES string of the molecule is Cc1ccc(-c2nnn(CC(=O)NC3CCC(C)CC3)n2)cc1. The van der Waals surface area contributed by atoms with Crippen molar-refractivity contribution < 1.29 is 4.79 Å². The molecule has 0 saturated heterocycles. The number of hydrogen-bond acceptors (Lipinski definition) is 4. The molecule has 23 heavy (non-hydrogen) atoms. The van der Waals surface area contributed by atoms with Crippen LogP contribution < -0.4 is 5.32 Å². The summed E-state index contributed by atoms with van der Waals surface area (Å²) in [6.07, 6.45) is 4.49. The van der Waals surface area contributed by atoms with Crippen molar-refractivity contribution in [3.05, 3.63) is 29.8 Å². The zero-order valence-electron chi connectivity index (χ0n) is 13.7. The van der Waals surface area contributed by atoms with Gasteiger partial charge in [0.15, 0.2) is 0 Å². The minimum absolute atomic E-state index is 0.0441. The molecule has 1 aliphatic rings. The Morgan fingerprint density at radius 1 is 1.22 bits per heavy atom. The molecule has 1 fully saturated rings. The zero-order chi connectivity index (χ0) is 16.2. The summed E-state index contributed by atoms with van der Waals surface area (Å²) in [6, 6.07) is 8.22. The summed E-state index contributed by atoms with van der Waals surface area (Å²) in [6.45, 7) is 4.42. The van der Waals surface area contributed by atoms with Crippen LogP contribution in [-0.2, 0) is 11.3 Å². The summed E-state index contributed by atoms with van der Waals surface area (Å²) in [7, 11) is 0. The molecule has 0 spiro atoms. The maximum atomic E-state index is 12.1. The van der Waals surface area contributed by atoms with Gasteiger partial charge >= 0.3 is 0 Å². The molecule has 3 rings (SSSR count). The van der Waals surface area contributed by atoms with Crippen LogP contribution in [0.15, 0.2) is 24.3 Å². The van der Waals surface area contributed by atoms with Crippen LogP contribution in [0.1, 0.15) is 38.2 Å². The van der Waals surface area contributed by atoms with Gasteiger partial charge < -0.3 is 5.32 Å². The molecule has 1 aromatic heterocycles. The van der Waals surface area contributed by atoms with E-state index in [2.05, 4.69) is 27.7 Å². The number of aromatic nitrogens is 4. The van der Waals surface area contributed by atoms with Gasteiger partial charge in [-0.25, -0.2) is 0 Å². The zero-order valence-corrected chi connectivity index (χ0v) is 13.7. The third-order valence-electron chi connectivity index (χ3n) is 4.43. The van der Waals surface area contributed by atoms with E-state index in [0.29, 0.717) is 11.9 Å². The normalized spacial score (nSPS) is 21.1. The number of hydrogen-bond donors (Lipinski definition) is 1. The van der Waals surface area contributed by atoms with Gasteiger partial charge in [0.05, 0.1) is 0 Å². The first-order valence-corrected chi connectivity index (χ1v) is 8.24. The van der Waals surface area contributed by atoms with Gasteiger partial charge in [-0.15, -0.1) is 10.2 Å². The van der Waals surface area contributed by atoms with Crippen LogP contribution in [-0.4, -0.2) is 32.2 Å². The number of nitrogens with one attached hydrogen (secondary N) is 1. The maximum absolute atomic E-state index is 12.1. The first-order chi connectivity index (χ1) is 11.1. The highest BCUT2D eigenvalue weighted by Gasteiger charge is 2.20. The van der Waals surface area contributed by atoms with Crippen molar-refractivity contribution >= 4 is 5.91 Å². The predicted molar refractivity (Wildman–Crippen MR) is 87.6 cm³/mol. The fourth-order valence-corrected chi connectivity index (χ4v) is 2.93. The highest BCUT2D eigenvalue weighted by molar-refractivity contribution is 5.75. The average molecular weight is 313 g/mol. The van der Waals surface area contributed by atoms with E-state index in [-0.39, 0.29) is 12.5 Å². The molecule has 0 aliphatic heterocycles. The lowest BCUT2D eigenvalue weighted by molar-refractivity contribution is -0.123. The monoisotopic (exact) mass is 313 g/mol. The number of benzene rings is 1. The van der Waals surface area contributed by atoms with Crippen molar-refractivity contribution in [2.24, 2.45) is 5.92 Å². The largest absolute Gasteiger partial charge is 0.352 e. The number of aryl methyl sites for hydroxylation is 1. The van der Waals surface area contributed by atoms with Crippen molar-refractivity contribution in [1.82, 2.24) is 25.5 Å². The molecule has 2 aromatic rings. The lowest BCUT2D eigenvalue weighted by Crippen LogP contribution is -2.39. The Morgan fingerprint density at radius 3 is 2.61 bits per heavy atom. The van der Waals surface area contributed by atoms with E-state index >= 15 is 0 Å². The number of tetrazole rings is 1. The Labute approximate surface area is 136 Å². The van der Waals surface area contributed by atoms with Crippen LogP contribution in [0.4, 0.5) is 0 Å². The molecule has 1 aromatic carbocycles. The molecule has 6 heteroatoms. The van der Waals surface area contributed by atoms with Crippen LogP contribution in [0.25, 0.3) is 11.4 Å². The highest BCUT2D eigenvalue weighted by atomic mass is 16.2. The average Bonchev–Trinajstić information content (AvgIpc) is 2.98. The Bertz CT molecular complexity index is 656. The van der Waals surface area contributed by atoms with Gasteiger partial charge in [0.1, 0.15) is 6.54 Å². The van der Waals surface area contributed by atoms with E-state index < -0.39 is 0 Å². The summed E-state index contributed by atoms with van der Waals surface area (Å²) < 4.78 is 0. The molecule has 0 radical (unpaired) electrons. The van der Waals surface area contributed by atoms with Crippen molar-refractivity contribution in [3.8, 4) is 11.4 Å². The van der Waals surface area contributed by atoms with E-state index in [0.717, 1.165) is 24.3 Å². The van der Waals surface area contributed by atoms with Gasteiger partial charge in [-0.1, -0.05) is 36.8 Å². The van der Waals surface area contributed by atoms with Gasteiger partial charge in [-0.05, 0) is 43.7 Å². The smallest absolute Gasteiger partial charge is 0.243 e. The van der Waals surface area contributed by atoms with Crippen molar-refractivity contribution in [3.63, 3.8) is 0 Å². The summed E-state index contributed by atoms with van der Waals surface area (Å²) >= 11 is 0. The van der Waals surface area contributed by atoms with Gasteiger partial charge in [-0.3, -0.25) is 4.79 Å². The van der Waals surface area contributed by atoms with E-state index in [1.165, 1.54) is 23.2 Å². The summed E-state index contributed by atoms with van der Waals surface area (Å²) in [5.74, 6) is 1.28. The Morgan fingerprint density at radius 2 is 1.91 bits per heavy atom. The Hall–Kier alpha value is -2.24. The van der Waals surface area contributed by atoms with E-state index in [1.807, 2.05) is 31.2 Å². The van der Waals surface area contributed by atoms with E-state index in [9.17, 15) is 4.79 Å². The molecule has 0 bridgehead atoms. The second-order valence-corrected chi connectivity index (χ2v) is 6.53. The molecule has 122 valence electrons. The van der Waals surface area contributed by atoms with Crippen molar-refractivity contribution in [2.45, 2.75) is 52.1 Å². The molecule has 0 unspecified atom stereocenters. The molecular formula is C17H23N5O. The lowest BCUT2D eigenvalue weighted by atomic mass is 9.87. The molecule has 1 N–H and O–H groups in total. The topological polar surface area (TPSA) is 72.7 Å². The third-order valence-corrected chi connectivity index (χ3v) is 4.43. The predicted octanol–water partition coefficient (Wildman–Crippen LogP) is 2.34. The molecule has 1 heterocycles. The quantitative estimate of drug-likeness (QED) is 0.940. The molecule has 1 aliphatic carbocycles. The van der Waals surface area contributed by atoms with Crippen molar-refractivity contribution in [1.29, 1.82) is 0 Å². The Kier molecular flexibility index (Phi) is 4.69. The molecule has 1 amide bonds. The number of carbonyl (C=O) groups is 1. The van der Waals surface area contributed by atoms with E-state index in [1.54, 1.807) is 0 Å². The van der Waals surface area contributed by atoms with Crippen LogP contribution >= 0.6 is 0 Å². The van der Waals surface area contributed by atoms with Crippen LogP contribution in [0.3, 0.4) is 0 Å². The molecule has 6 nitrogen and oxygen atoms in total. The summed E-state index contributed by atoms with van der Waals surface area (Å²) in [5.41, 5.74) is 2.09. The minimum Gasteiger partial charge on any atom is -0.352 e. The van der Waals surface area contributed by atoms with Gasteiger partial charge in [0, 0.05) is 11.6 Å². The number of carbonyl (C=O) groups excluding carboxylic acids is 1. The van der Waals surface area contributed by atoms with Gasteiger partial charge in [0.25, 0.3) is 0 Å². The third kappa shape index (κ3) is 4.15. The number of nitrogens with zero attached hydrogens (tertiary/aromatic N) is 4. The second kappa shape index (κ2) is 6.89. The molecular weight excluding hydrogens is 290 g/mol. The minimum atomic E-state index is -0.0441. The maximum Gasteiger partial charge on any atom is 0.243 e. The van der Waals surface area contributed by atoms with Crippen molar-refractivity contribution in [2.75, 3.05) is 0 Å². The number of amides is 1. The van der Waals surface area contributed by atoms with Gasteiger partial charge in [-0.2, -0.15) is 4.80 Å². The lowest BCUT2D eigenvalue weighted by Gasteiger charge is -2.26. The first kappa shape index (κ1) is 15.6. The van der Waals surface area contributed by atoms with Gasteiger partial charge in [0.2, 0.25) is 11.7 Å². The fourth-order valence-electron chi connectivity index (χ4n) is 2.93. The van der Waals surface area contributed by atoms with E-state index in [4.69, 9.17) is 0 Å². The summed E-state index contributed by atoms with van der Waals surface area (Å²) in [4.78, 5) is 13.5. The Balaban J connectivity index is 1.56.